The van der Waals surface area contributed by atoms with Crippen molar-refractivity contribution in [3.05, 3.63) is 35.2 Å². The van der Waals surface area contributed by atoms with Gasteiger partial charge in [0.25, 0.3) is 0 Å². The van der Waals surface area contributed by atoms with Crippen LogP contribution in [0.5, 0.6) is 5.75 Å². The lowest BCUT2D eigenvalue weighted by Gasteiger charge is -2.15. The molecule has 0 bridgehead atoms. The van der Waals surface area contributed by atoms with Gasteiger partial charge in [0, 0.05) is 11.6 Å². The van der Waals surface area contributed by atoms with Crippen LogP contribution in [0.25, 0.3) is 11.3 Å². The van der Waals surface area contributed by atoms with Gasteiger partial charge < -0.3 is 10.5 Å². The number of aromatic nitrogens is 2. The van der Waals surface area contributed by atoms with Crippen molar-refractivity contribution in [2.75, 3.05) is 12.8 Å². The maximum atomic E-state index is 5.70. The normalized spacial score (nSPS) is 10.4. The Morgan fingerprint density at radius 2 is 1.78 bits per heavy atom. The van der Waals surface area contributed by atoms with Crippen LogP contribution < -0.4 is 10.5 Å². The number of nitrogens with two attached hydrogens (primary N) is 1. The number of hydrogen-bond acceptors (Lipinski definition) is 4. The first-order valence-corrected chi connectivity index (χ1v) is 5.77. The second-order valence-electron chi connectivity index (χ2n) is 4.35. The van der Waals surface area contributed by atoms with Crippen LogP contribution in [0.4, 0.5) is 5.82 Å². The maximum absolute atomic E-state index is 5.70. The Morgan fingerprint density at radius 3 is 2.39 bits per heavy atom. The fourth-order valence-corrected chi connectivity index (χ4v) is 2.16. The minimum atomic E-state index is 0.477. The molecule has 0 saturated carbocycles. The van der Waals surface area contributed by atoms with E-state index in [0.29, 0.717) is 5.82 Å². The highest BCUT2D eigenvalue weighted by atomic mass is 16.5. The van der Waals surface area contributed by atoms with E-state index in [9.17, 15) is 0 Å². The highest BCUT2D eigenvalue weighted by Crippen LogP contribution is 2.33. The fraction of sp³-hybridized carbons (Fsp3) is 0.286. The van der Waals surface area contributed by atoms with Crippen molar-refractivity contribution < 1.29 is 4.74 Å². The van der Waals surface area contributed by atoms with E-state index in [-0.39, 0.29) is 0 Å². The molecule has 1 aromatic heterocycles. The van der Waals surface area contributed by atoms with Gasteiger partial charge in [0.1, 0.15) is 17.9 Å². The van der Waals surface area contributed by atoms with Gasteiger partial charge in [0.15, 0.2) is 0 Å². The molecule has 0 aliphatic carbocycles. The highest BCUT2D eigenvalue weighted by molar-refractivity contribution is 5.70. The van der Waals surface area contributed by atoms with Crippen molar-refractivity contribution in [1.82, 2.24) is 9.97 Å². The summed E-state index contributed by atoms with van der Waals surface area (Å²) in [6.45, 7) is 6.14. The first-order chi connectivity index (χ1) is 8.54. The van der Waals surface area contributed by atoms with E-state index in [1.54, 1.807) is 13.2 Å². The van der Waals surface area contributed by atoms with Gasteiger partial charge in [-0.2, -0.15) is 0 Å². The van der Waals surface area contributed by atoms with Crippen LogP contribution in [0.2, 0.25) is 0 Å². The molecular formula is C14H17N3O. The van der Waals surface area contributed by atoms with Gasteiger partial charge in [0.2, 0.25) is 0 Å². The number of methoxy groups -OCH3 is 1. The molecule has 0 atom stereocenters. The average Bonchev–Trinajstić information content (AvgIpc) is 2.34. The number of benzene rings is 1. The number of nitrogens with zero attached hydrogens (tertiary/aromatic N) is 2. The Kier molecular flexibility index (Phi) is 3.19. The second-order valence-corrected chi connectivity index (χ2v) is 4.35. The summed E-state index contributed by atoms with van der Waals surface area (Å²) in [5.41, 5.74) is 11.0. The number of aryl methyl sites for hydroxylation is 1. The average molecular weight is 243 g/mol. The summed E-state index contributed by atoms with van der Waals surface area (Å²) in [4.78, 5) is 8.19. The third kappa shape index (κ3) is 2.01. The first kappa shape index (κ1) is 12.4. The molecule has 0 saturated heterocycles. The predicted molar refractivity (Wildman–Crippen MR) is 72.6 cm³/mol. The lowest BCUT2D eigenvalue weighted by Crippen LogP contribution is -1.99. The zero-order valence-electron chi connectivity index (χ0n) is 11.1. The van der Waals surface area contributed by atoms with Crippen LogP contribution in [0.1, 0.15) is 16.7 Å². The first-order valence-electron chi connectivity index (χ1n) is 5.77. The molecule has 0 spiro atoms. The van der Waals surface area contributed by atoms with Gasteiger partial charge in [-0.1, -0.05) is 0 Å². The summed E-state index contributed by atoms with van der Waals surface area (Å²) < 4.78 is 5.41. The van der Waals surface area contributed by atoms with Crippen molar-refractivity contribution in [1.29, 1.82) is 0 Å². The van der Waals surface area contributed by atoms with E-state index in [4.69, 9.17) is 10.5 Å². The maximum Gasteiger partial charge on any atom is 0.127 e. The number of nitrogen functional groups attached to an aromatic ring is 1. The lowest BCUT2D eigenvalue weighted by atomic mass is 9.96. The minimum Gasteiger partial charge on any atom is -0.496 e. The molecule has 0 unspecified atom stereocenters. The lowest BCUT2D eigenvalue weighted by molar-refractivity contribution is 0.408. The third-order valence-corrected chi connectivity index (χ3v) is 3.19. The zero-order chi connectivity index (χ0) is 13.3. The molecule has 1 aromatic carbocycles. The van der Waals surface area contributed by atoms with Crippen LogP contribution in [-0.4, -0.2) is 17.1 Å². The SMILES string of the molecule is COc1c(C)cc(-c2cc(N)ncn2)c(C)c1C. The van der Waals surface area contributed by atoms with Crippen molar-refractivity contribution in [3.63, 3.8) is 0 Å². The number of anilines is 1. The predicted octanol–water partition coefficient (Wildman–Crippen LogP) is 2.66. The van der Waals surface area contributed by atoms with E-state index in [2.05, 4.69) is 29.9 Å². The molecule has 4 nitrogen and oxygen atoms in total. The van der Waals surface area contributed by atoms with Gasteiger partial charge >= 0.3 is 0 Å². The zero-order valence-corrected chi connectivity index (χ0v) is 11.1. The van der Waals surface area contributed by atoms with Crippen LogP contribution >= 0.6 is 0 Å². The van der Waals surface area contributed by atoms with Crippen molar-refractivity contribution in [2.24, 2.45) is 0 Å². The van der Waals surface area contributed by atoms with Gasteiger partial charge in [-0.25, -0.2) is 9.97 Å². The summed E-state index contributed by atoms with van der Waals surface area (Å²) in [7, 11) is 1.69. The standard InChI is InChI=1S/C14H17N3O/c1-8-5-11(9(2)10(3)14(8)18-4)12-6-13(15)17-7-16-12/h5-7H,1-4H3,(H2,15,16,17). The largest absolute Gasteiger partial charge is 0.496 e. The Bertz CT molecular complexity index is 594. The Morgan fingerprint density at radius 1 is 1.06 bits per heavy atom. The van der Waals surface area contributed by atoms with Gasteiger partial charge in [-0.3, -0.25) is 0 Å². The number of ether oxygens (including phenoxy) is 1. The molecule has 1 heterocycles. The molecule has 94 valence electrons. The molecule has 0 amide bonds. The second kappa shape index (κ2) is 4.64. The van der Waals surface area contributed by atoms with Crippen molar-refractivity contribution in [3.8, 4) is 17.0 Å². The topological polar surface area (TPSA) is 61.0 Å². The van der Waals surface area contributed by atoms with E-state index in [1.165, 1.54) is 6.33 Å². The molecule has 4 heteroatoms. The molecule has 0 aliphatic rings. The Hall–Kier alpha value is -2.10. The molecular weight excluding hydrogens is 226 g/mol. The van der Waals surface area contributed by atoms with E-state index in [1.807, 2.05) is 6.92 Å². The molecule has 0 aliphatic heterocycles. The molecule has 18 heavy (non-hydrogen) atoms. The summed E-state index contributed by atoms with van der Waals surface area (Å²) in [6, 6.07) is 3.86. The molecule has 2 aromatic rings. The van der Waals surface area contributed by atoms with Gasteiger partial charge in [0.05, 0.1) is 12.8 Å². The van der Waals surface area contributed by atoms with E-state index >= 15 is 0 Å². The Balaban J connectivity index is 2.66. The van der Waals surface area contributed by atoms with Crippen LogP contribution in [0.3, 0.4) is 0 Å². The highest BCUT2D eigenvalue weighted by Gasteiger charge is 2.12. The van der Waals surface area contributed by atoms with Gasteiger partial charge in [-0.15, -0.1) is 0 Å². The van der Waals surface area contributed by atoms with E-state index < -0.39 is 0 Å². The van der Waals surface area contributed by atoms with Crippen LogP contribution in [0.15, 0.2) is 18.5 Å². The number of hydrogen-bond donors (Lipinski definition) is 1. The fourth-order valence-electron chi connectivity index (χ4n) is 2.16. The van der Waals surface area contributed by atoms with Gasteiger partial charge in [-0.05, 0) is 43.5 Å². The van der Waals surface area contributed by atoms with E-state index in [0.717, 1.165) is 33.7 Å². The van der Waals surface area contributed by atoms with Crippen LogP contribution in [-0.2, 0) is 0 Å². The minimum absolute atomic E-state index is 0.477. The monoisotopic (exact) mass is 243 g/mol. The molecule has 0 fully saturated rings. The molecule has 2 N–H and O–H groups in total. The van der Waals surface area contributed by atoms with Crippen LogP contribution in [0, 0.1) is 20.8 Å². The summed E-state index contributed by atoms with van der Waals surface area (Å²) >= 11 is 0. The summed E-state index contributed by atoms with van der Waals surface area (Å²) in [5.74, 6) is 1.41. The quantitative estimate of drug-likeness (QED) is 0.880. The van der Waals surface area contributed by atoms with Crippen molar-refractivity contribution in [2.45, 2.75) is 20.8 Å². The van der Waals surface area contributed by atoms with Crippen molar-refractivity contribution >= 4 is 5.82 Å². The third-order valence-electron chi connectivity index (χ3n) is 3.19. The Labute approximate surface area is 107 Å². The molecule has 2 rings (SSSR count). The molecule has 0 radical (unpaired) electrons. The summed E-state index contributed by atoms with van der Waals surface area (Å²) in [5, 5.41) is 0. The number of rotatable bonds is 2. The summed E-state index contributed by atoms with van der Waals surface area (Å²) in [6.07, 6.45) is 1.49. The smallest absolute Gasteiger partial charge is 0.127 e.